The maximum Gasteiger partial charge on any atom is 0.321 e. The van der Waals surface area contributed by atoms with Gasteiger partial charge in [-0.3, -0.25) is 9.69 Å². The highest BCUT2D eigenvalue weighted by atomic mass is 35.5. The van der Waals surface area contributed by atoms with Crippen LogP contribution in [0.15, 0.2) is 18.2 Å². The van der Waals surface area contributed by atoms with E-state index < -0.39 is 23.9 Å². The third-order valence-electron chi connectivity index (χ3n) is 3.05. The van der Waals surface area contributed by atoms with Gasteiger partial charge >= 0.3 is 5.97 Å². The normalized spacial score (nSPS) is 24.4. The largest absolute Gasteiger partial charge is 0.480 e. The fourth-order valence-electron chi connectivity index (χ4n) is 2.19. The lowest BCUT2D eigenvalue weighted by Gasteiger charge is -2.21. The van der Waals surface area contributed by atoms with Gasteiger partial charge in [-0.2, -0.15) is 0 Å². The topological polar surface area (TPSA) is 60.8 Å². The first-order valence-electron chi connectivity index (χ1n) is 5.56. The molecule has 1 fully saturated rings. The minimum absolute atomic E-state index is 0.125. The molecule has 0 spiro atoms. The van der Waals surface area contributed by atoms with Crippen LogP contribution in [-0.4, -0.2) is 39.8 Å². The van der Waals surface area contributed by atoms with E-state index in [0.29, 0.717) is 10.6 Å². The fourth-order valence-corrected chi connectivity index (χ4v) is 2.39. The molecule has 1 saturated heterocycles. The lowest BCUT2D eigenvalue weighted by molar-refractivity contribution is -0.142. The average molecular weight is 274 g/mol. The van der Waals surface area contributed by atoms with Crippen molar-refractivity contribution in [2.45, 2.75) is 25.1 Å². The highest BCUT2D eigenvalue weighted by molar-refractivity contribution is 6.30. The van der Waals surface area contributed by atoms with Gasteiger partial charge in [0.1, 0.15) is 11.9 Å². The number of hydrogen-bond donors (Lipinski definition) is 2. The molecule has 1 aliphatic rings. The van der Waals surface area contributed by atoms with E-state index in [0.717, 1.165) is 0 Å². The van der Waals surface area contributed by atoms with E-state index in [9.17, 15) is 14.3 Å². The van der Waals surface area contributed by atoms with Crippen LogP contribution >= 0.6 is 11.6 Å². The standard InChI is InChI=1S/C12H13ClFNO3/c13-8-1-2-10(14)7(3-8)5-15-6-9(16)4-11(15)12(17)18/h1-3,9,11,16H,4-6H2,(H,17,18). The predicted octanol–water partition coefficient (Wildman–Crippen LogP) is 1.50. The number of β-amino-alcohol motifs (C(OH)–C–C–N with tert-alkyl or cyclic N) is 1. The number of aliphatic hydroxyl groups excluding tert-OH is 1. The maximum atomic E-state index is 13.6. The zero-order chi connectivity index (χ0) is 13.3. The number of aliphatic carboxylic acids is 1. The van der Waals surface area contributed by atoms with E-state index in [-0.39, 0.29) is 19.5 Å². The van der Waals surface area contributed by atoms with E-state index >= 15 is 0 Å². The number of aliphatic hydroxyl groups is 1. The van der Waals surface area contributed by atoms with Gasteiger partial charge in [-0.1, -0.05) is 11.6 Å². The Morgan fingerprint density at radius 3 is 2.94 bits per heavy atom. The van der Waals surface area contributed by atoms with Crippen LogP contribution in [-0.2, 0) is 11.3 Å². The molecule has 0 aliphatic carbocycles. The molecule has 2 unspecified atom stereocenters. The van der Waals surface area contributed by atoms with Crippen molar-refractivity contribution in [2.75, 3.05) is 6.54 Å². The third-order valence-corrected chi connectivity index (χ3v) is 3.28. The summed E-state index contributed by atoms with van der Waals surface area (Å²) in [7, 11) is 0. The van der Waals surface area contributed by atoms with Gasteiger partial charge in [-0.15, -0.1) is 0 Å². The van der Waals surface area contributed by atoms with Crippen LogP contribution in [0.2, 0.25) is 5.02 Å². The van der Waals surface area contributed by atoms with E-state index in [1.54, 1.807) is 4.90 Å². The third kappa shape index (κ3) is 2.80. The van der Waals surface area contributed by atoms with Crippen molar-refractivity contribution in [3.8, 4) is 0 Å². The van der Waals surface area contributed by atoms with Gasteiger partial charge in [0.15, 0.2) is 0 Å². The van der Waals surface area contributed by atoms with E-state index in [1.807, 2.05) is 0 Å². The molecule has 0 aromatic heterocycles. The Bertz CT molecular complexity index is 469. The monoisotopic (exact) mass is 273 g/mol. The summed E-state index contributed by atoms with van der Waals surface area (Å²) in [6.07, 6.45) is -0.523. The number of benzene rings is 1. The first kappa shape index (κ1) is 13.3. The van der Waals surface area contributed by atoms with Gasteiger partial charge in [0.2, 0.25) is 0 Å². The number of likely N-dealkylation sites (tertiary alicyclic amines) is 1. The van der Waals surface area contributed by atoms with Crippen molar-refractivity contribution >= 4 is 17.6 Å². The summed E-state index contributed by atoms with van der Waals surface area (Å²) in [4.78, 5) is 12.6. The number of halogens is 2. The lowest BCUT2D eigenvalue weighted by Crippen LogP contribution is -2.35. The number of carboxylic acids is 1. The fraction of sp³-hybridized carbons (Fsp3) is 0.417. The molecular formula is C12H13ClFNO3. The first-order valence-corrected chi connectivity index (χ1v) is 5.94. The van der Waals surface area contributed by atoms with Gasteiger partial charge in [-0.05, 0) is 18.2 Å². The molecule has 6 heteroatoms. The SMILES string of the molecule is O=C(O)C1CC(O)CN1Cc1cc(Cl)ccc1F. The zero-order valence-corrected chi connectivity index (χ0v) is 10.3. The Hall–Kier alpha value is -1.17. The molecule has 0 bridgehead atoms. The molecule has 2 N–H and O–H groups in total. The molecule has 1 heterocycles. The van der Waals surface area contributed by atoms with Crippen LogP contribution in [0.3, 0.4) is 0 Å². The van der Waals surface area contributed by atoms with Crippen LogP contribution in [0, 0.1) is 5.82 Å². The molecular weight excluding hydrogens is 261 g/mol. The van der Waals surface area contributed by atoms with Crippen LogP contribution < -0.4 is 0 Å². The number of carboxylic acid groups (broad SMARTS) is 1. The number of hydrogen-bond acceptors (Lipinski definition) is 3. The molecule has 1 aromatic carbocycles. The summed E-state index contributed by atoms with van der Waals surface area (Å²) in [5.74, 6) is -1.43. The molecule has 4 nitrogen and oxygen atoms in total. The molecule has 1 aliphatic heterocycles. The van der Waals surface area contributed by atoms with E-state index in [1.165, 1.54) is 18.2 Å². The summed E-state index contributed by atoms with van der Waals surface area (Å²) in [5.41, 5.74) is 0.336. The Balaban J connectivity index is 2.17. The van der Waals surface area contributed by atoms with Crippen LogP contribution in [0.5, 0.6) is 0 Å². The van der Waals surface area contributed by atoms with Gasteiger partial charge in [-0.25, -0.2) is 4.39 Å². The highest BCUT2D eigenvalue weighted by Gasteiger charge is 2.36. The molecule has 2 rings (SSSR count). The molecule has 2 atom stereocenters. The summed E-state index contributed by atoms with van der Waals surface area (Å²) < 4.78 is 13.6. The Morgan fingerprint density at radius 2 is 2.28 bits per heavy atom. The van der Waals surface area contributed by atoms with Crippen LogP contribution in [0.25, 0.3) is 0 Å². The van der Waals surface area contributed by atoms with Crippen molar-refractivity contribution in [3.05, 3.63) is 34.6 Å². The zero-order valence-electron chi connectivity index (χ0n) is 9.51. The second-order valence-electron chi connectivity index (χ2n) is 4.41. The van der Waals surface area contributed by atoms with Crippen molar-refractivity contribution in [3.63, 3.8) is 0 Å². The number of carbonyl (C=O) groups is 1. The van der Waals surface area contributed by atoms with Gasteiger partial charge in [0.25, 0.3) is 0 Å². The van der Waals surface area contributed by atoms with Gasteiger partial charge < -0.3 is 10.2 Å². The lowest BCUT2D eigenvalue weighted by atomic mass is 10.1. The first-order chi connectivity index (χ1) is 8.47. The average Bonchev–Trinajstić information content (AvgIpc) is 2.65. The van der Waals surface area contributed by atoms with Crippen molar-refractivity contribution in [1.82, 2.24) is 4.90 Å². The summed E-state index contributed by atoms with van der Waals surface area (Å²) in [5, 5.41) is 18.9. The van der Waals surface area contributed by atoms with Gasteiger partial charge in [0.05, 0.1) is 6.10 Å². The van der Waals surface area contributed by atoms with Crippen molar-refractivity contribution < 1.29 is 19.4 Å². The number of nitrogens with zero attached hydrogens (tertiary/aromatic N) is 1. The Labute approximate surface area is 109 Å². The molecule has 98 valence electrons. The number of rotatable bonds is 3. The van der Waals surface area contributed by atoms with Crippen molar-refractivity contribution in [2.24, 2.45) is 0 Å². The summed E-state index contributed by atoms with van der Waals surface area (Å²) in [6.45, 7) is 0.351. The summed E-state index contributed by atoms with van der Waals surface area (Å²) >= 11 is 5.78. The second-order valence-corrected chi connectivity index (χ2v) is 4.85. The van der Waals surface area contributed by atoms with E-state index in [2.05, 4.69) is 0 Å². The van der Waals surface area contributed by atoms with Crippen LogP contribution in [0.1, 0.15) is 12.0 Å². The highest BCUT2D eigenvalue weighted by Crippen LogP contribution is 2.23. The van der Waals surface area contributed by atoms with Gasteiger partial charge in [0, 0.05) is 30.1 Å². The molecule has 0 radical (unpaired) electrons. The second kappa shape index (κ2) is 5.22. The minimum Gasteiger partial charge on any atom is -0.480 e. The quantitative estimate of drug-likeness (QED) is 0.876. The van der Waals surface area contributed by atoms with Crippen LogP contribution in [0.4, 0.5) is 4.39 Å². The molecule has 1 aromatic rings. The molecule has 0 amide bonds. The molecule has 0 saturated carbocycles. The van der Waals surface area contributed by atoms with Crippen molar-refractivity contribution in [1.29, 1.82) is 0 Å². The minimum atomic E-state index is -1.01. The Kier molecular flexibility index (Phi) is 3.85. The Morgan fingerprint density at radius 1 is 1.56 bits per heavy atom. The predicted molar refractivity (Wildman–Crippen MR) is 63.9 cm³/mol. The maximum absolute atomic E-state index is 13.6. The van der Waals surface area contributed by atoms with E-state index in [4.69, 9.17) is 16.7 Å². The molecule has 18 heavy (non-hydrogen) atoms. The smallest absolute Gasteiger partial charge is 0.321 e. The summed E-state index contributed by atoms with van der Waals surface area (Å²) in [6, 6.07) is 3.38.